The number of ether oxygens (including phenoxy) is 3. The maximum Gasteiger partial charge on any atom is 0.422 e. The van der Waals surface area contributed by atoms with E-state index in [1.807, 2.05) is 36.4 Å². The first-order valence-corrected chi connectivity index (χ1v) is 17.5. The van der Waals surface area contributed by atoms with Gasteiger partial charge in [-0.15, -0.1) is 0 Å². The van der Waals surface area contributed by atoms with Crippen molar-refractivity contribution < 1.29 is 46.6 Å². The molecule has 0 saturated heterocycles. The minimum absolute atomic E-state index is 0.00645. The summed E-state index contributed by atoms with van der Waals surface area (Å²) in [6.45, 7) is 3.62. The summed E-state index contributed by atoms with van der Waals surface area (Å²) in [5.74, 6) is -1.37. The Balaban J connectivity index is 1.53. The second-order valence-corrected chi connectivity index (χ2v) is 13.6. The number of alkyl carbamates (subject to hydrolysis) is 1. The largest absolute Gasteiger partial charge is 0.484 e. The van der Waals surface area contributed by atoms with Gasteiger partial charge < -0.3 is 30.6 Å². The molecule has 4 aromatic rings. The van der Waals surface area contributed by atoms with Crippen molar-refractivity contribution in [2.24, 2.45) is 5.73 Å². The zero-order chi connectivity index (χ0) is 40.0. The first kappa shape index (κ1) is 41.9. The molecule has 0 aliphatic heterocycles. The lowest BCUT2D eigenvalue weighted by atomic mass is 10.0. The number of carbonyl (C=O) groups excluding carboxylic acids is 4. The van der Waals surface area contributed by atoms with Crippen LogP contribution >= 0.6 is 0 Å². The van der Waals surface area contributed by atoms with Crippen LogP contribution in [-0.2, 0) is 45.1 Å². The lowest BCUT2D eigenvalue weighted by Gasteiger charge is -2.27. The maximum absolute atomic E-state index is 14.3. The van der Waals surface area contributed by atoms with Crippen molar-refractivity contribution >= 4 is 24.0 Å². The van der Waals surface area contributed by atoms with E-state index in [-0.39, 0.29) is 31.9 Å². The molecule has 0 aromatic heterocycles. The van der Waals surface area contributed by atoms with Gasteiger partial charge in [-0.05, 0) is 67.1 Å². The van der Waals surface area contributed by atoms with Crippen LogP contribution < -0.4 is 21.1 Å². The van der Waals surface area contributed by atoms with Gasteiger partial charge in [-0.25, -0.2) is 14.4 Å². The Morgan fingerprint density at radius 2 is 1.35 bits per heavy atom. The van der Waals surface area contributed by atoms with Gasteiger partial charge in [0.05, 0.1) is 0 Å². The number of nitrogens with one attached hydrogen (secondary N) is 2. The molecular weight excluding hydrogens is 717 g/mol. The van der Waals surface area contributed by atoms with Gasteiger partial charge in [-0.2, -0.15) is 13.2 Å². The standard InChI is InChI=1S/C41H45F3N4O7/c1-40(2,3)55-37(50)35(45)32-18-14-30(15-19-32)25-46-38(51)48(23-22-28-10-6-4-7-11-28)36(49)34(47-39(52)53-26-31-12-8-5-9-13-31)24-29-16-20-33(21-17-29)54-27-41(42,43)44/h4-21,34-35H,22-27,45H2,1-3H3,(H,46,51)(H,47,52)/t34?,35-/m0/s1. The summed E-state index contributed by atoms with van der Waals surface area (Å²) in [7, 11) is 0. The fourth-order valence-electron chi connectivity index (χ4n) is 5.23. The number of rotatable bonds is 15. The van der Waals surface area contributed by atoms with Crippen LogP contribution in [-0.4, -0.2) is 59.9 Å². The third-order valence-corrected chi connectivity index (χ3v) is 7.99. The van der Waals surface area contributed by atoms with Gasteiger partial charge in [0.15, 0.2) is 6.61 Å². The predicted molar refractivity (Wildman–Crippen MR) is 199 cm³/mol. The van der Waals surface area contributed by atoms with Gasteiger partial charge >= 0.3 is 24.3 Å². The smallest absolute Gasteiger partial charge is 0.422 e. The van der Waals surface area contributed by atoms with E-state index in [4.69, 9.17) is 19.9 Å². The molecule has 0 bridgehead atoms. The fourth-order valence-corrected chi connectivity index (χ4v) is 5.23. The molecule has 14 heteroatoms. The van der Waals surface area contributed by atoms with E-state index in [2.05, 4.69) is 10.6 Å². The Morgan fingerprint density at radius 3 is 1.93 bits per heavy atom. The Morgan fingerprint density at radius 1 is 0.764 bits per heavy atom. The van der Waals surface area contributed by atoms with Gasteiger partial charge in [-0.1, -0.05) is 97.1 Å². The van der Waals surface area contributed by atoms with E-state index >= 15 is 0 Å². The molecule has 0 radical (unpaired) electrons. The Bertz CT molecular complexity index is 1850. The number of benzene rings is 4. The zero-order valence-electron chi connectivity index (χ0n) is 30.8. The molecule has 1 unspecified atom stereocenters. The van der Waals surface area contributed by atoms with Gasteiger partial charge in [0, 0.05) is 19.5 Å². The number of hydrogen-bond donors (Lipinski definition) is 3. The lowest BCUT2D eigenvalue weighted by molar-refractivity contribution is -0.156. The van der Waals surface area contributed by atoms with Crippen LogP contribution in [0.15, 0.2) is 109 Å². The highest BCUT2D eigenvalue weighted by atomic mass is 19.4. The summed E-state index contributed by atoms with van der Waals surface area (Å²) in [6, 6.07) is 27.3. The monoisotopic (exact) mass is 762 g/mol. The molecule has 4 aromatic carbocycles. The third-order valence-electron chi connectivity index (χ3n) is 7.99. The normalized spacial score (nSPS) is 12.5. The van der Waals surface area contributed by atoms with Gasteiger partial charge in [0.2, 0.25) is 0 Å². The Kier molecular flexibility index (Phi) is 14.8. The van der Waals surface area contributed by atoms with Crippen LogP contribution in [0.3, 0.4) is 0 Å². The number of esters is 1. The first-order chi connectivity index (χ1) is 26.1. The number of imide groups is 1. The summed E-state index contributed by atoms with van der Waals surface area (Å²) < 4.78 is 53.6. The quantitative estimate of drug-likeness (QED) is 0.112. The Labute approximate surface area is 317 Å². The summed E-state index contributed by atoms with van der Waals surface area (Å²) in [5, 5.41) is 5.34. The third kappa shape index (κ3) is 14.5. The lowest BCUT2D eigenvalue weighted by Crippen LogP contribution is -2.54. The Hall–Kier alpha value is -5.89. The SMILES string of the molecule is CC(C)(C)OC(=O)[C@@H](N)c1ccc(CNC(=O)N(CCc2ccccc2)C(=O)C(Cc2ccc(OCC(F)(F)F)cc2)NC(=O)OCc2ccccc2)cc1. The van der Waals surface area contributed by atoms with Crippen molar-refractivity contribution in [1.82, 2.24) is 15.5 Å². The second kappa shape index (κ2) is 19.4. The highest BCUT2D eigenvalue weighted by Gasteiger charge is 2.32. The van der Waals surface area contributed by atoms with Crippen LogP contribution in [0.5, 0.6) is 5.75 Å². The van der Waals surface area contributed by atoms with Gasteiger partial charge in [-0.3, -0.25) is 9.69 Å². The molecule has 0 fully saturated rings. The minimum atomic E-state index is -4.53. The molecule has 0 heterocycles. The molecule has 11 nitrogen and oxygen atoms in total. The summed E-state index contributed by atoms with van der Waals surface area (Å²) in [6.07, 6.45) is -5.27. The molecule has 4 N–H and O–H groups in total. The molecule has 292 valence electrons. The van der Waals surface area contributed by atoms with Gasteiger partial charge in [0.25, 0.3) is 5.91 Å². The van der Waals surface area contributed by atoms with Crippen molar-refractivity contribution in [2.45, 2.75) is 70.6 Å². The number of urea groups is 1. The molecule has 55 heavy (non-hydrogen) atoms. The van der Waals surface area contributed by atoms with Crippen LogP contribution in [0.25, 0.3) is 0 Å². The fraction of sp³-hybridized carbons (Fsp3) is 0.317. The first-order valence-electron chi connectivity index (χ1n) is 17.5. The molecule has 0 spiro atoms. The van der Waals surface area contributed by atoms with Crippen LogP contribution in [0.1, 0.15) is 54.6 Å². The average molecular weight is 763 g/mol. The summed E-state index contributed by atoms with van der Waals surface area (Å²) >= 11 is 0. The molecule has 2 atom stereocenters. The predicted octanol–water partition coefficient (Wildman–Crippen LogP) is 6.79. The van der Waals surface area contributed by atoms with Crippen LogP contribution in [0.4, 0.5) is 22.8 Å². The van der Waals surface area contributed by atoms with Gasteiger partial charge in [0.1, 0.15) is 30.0 Å². The van der Waals surface area contributed by atoms with Crippen molar-refractivity contribution in [3.63, 3.8) is 0 Å². The number of amides is 4. The minimum Gasteiger partial charge on any atom is -0.484 e. The summed E-state index contributed by atoms with van der Waals surface area (Å²) in [5.41, 5.74) is 8.58. The second-order valence-electron chi connectivity index (χ2n) is 13.6. The molecule has 4 amide bonds. The maximum atomic E-state index is 14.3. The highest BCUT2D eigenvalue weighted by molar-refractivity contribution is 5.98. The number of carbonyl (C=O) groups is 4. The molecular formula is C41H45F3N4O7. The van der Waals surface area contributed by atoms with Crippen molar-refractivity contribution in [1.29, 1.82) is 0 Å². The molecule has 4 rings (SSSR count). The highest BCUT2D eigenvalue weighted by Crippen LogP contribution is 2.21. The van der Waals surface area contributed by atoms with Crippen molar-refractivity contribution in [3.8, 4) is 5.75 Å². The number of halogens is 3. The van der Waals surface area contributed by atoms with Crippen molar-refractivity contribution in [2.75, 3.05) is 13.2 Å². The summed E-state index contributed by atoms with van der Waals surface area (Å²) in [4.78, 5) is 54.6. The number of hydrogen-bond acceptors (Lipinski definition) is 8. The van der Waals surface area contributed by atoms with E-state index in [1.54, 1.807) is 69.3 Å². The topological polar surface area (TPSA) is 149 Å². The van der Waals surface area contributed by atoms with E-state index in [1.165, 1.54) is 24.3 Å². The van der Waals surface area contributed by atoms with E-state index in [0.29, 0.717) is 28.7 Å². The molecule has 0 aliphatic carbocycles. The van der Waals surface area contributed by atoms with Crippen LogP contribution in [0, 0.1) is 0 Å². The van der Waals surface area contributed by atoms with E-state index in [0.717, 1.165) is 10.5 Å². The van der Waals surface area contributed by atoms with E-state index in [9.17, 15) is 32.3 Å². The molecule has 0 saturated carbocycles. The number of alkyl halides is 3. The van der Waals surface area contributed by atoms with Crippen LogP contribution in [0.2, 0.25) is 0 Å². The van der Waals surface area contributed by atoms with Crippen molar-refractivity contribution in [3.05, 3.63) is 137 Å². The molecule has 0 aliphatic rings. The average Bonchev–Trinajstić information content (AvgIpc) is 3.15. The van der Waals surface area contributed by atoms with E-state index < -0.39 is 54.5 Å². The number of nitrogens with two attached hydrogens (primary N) is 1. The number of nitrogens with zero attached hydrogens (tertiary/aromatic N) is 1. The zero-order valence-corrected chi connectivity index (χ0v) is 30.8.